The van der Waals surface area contributed by atoms with Gasteiger partial charge in [0.05, 0.1) is 18.1 Å². The standard InChI is InChI=1S/C10H15NO5S3/c12-6-9-1-2-10(17-9)19(15,16)11-5-8-3-4-18(13,14)7-8/h1-2,8,11-12H,3-7H2. The highest BCUT2D eigenvalue weighted by Gasteiger charge is 2.29. The summed E-state index contributed by atoms with van der Waals surface area (Å²) in [5, 5.41) is 8.91. The average Bonchev–Trinajstić information content (AvgIpc) is 2.93. The molecule has 0 spiro atoms. The number of nitrogens with one attached hydrogen (secondary N) is 1. The van der Waals surface area contributed by atoms with Crippen LogP contribution in [-0.2, 0) is 26.5 Å². The number of aliphatic hydroxyl groups is 1. The second-order valence-electron chi connectivity index (χ2n) is 4.50. The van der Waals surface area contributed by atoms with E-state index in [4.69, 9.17) is 5.11 Å². The lowest BCUT2D eigenvalue weighted by molar-refractivity contribution is 0.285. The Morgan fingerprint density at radius 1 is 1.42 bits per heavy atom. The number of hydrogen-bond acceptors (Lipinski definition) is 6. The lowest BCUT2D eigenvalue weighted by atomic mass is 10.1. The zero-order chi connectivity index (χ0) is 14.1. The van der Waals surface area contributed by atoms with Crippen molar-refractivity contribution in [3.05, 3.63) is 17.0 Å². The van der Waals surface area contributed by atoms with Gasteiger partial charge in [-0.05, 0) is 24.5 Å². The number of hydrogen-bond donors (Lipinski definition) is 2. The molecular weight excluding hydrogens is 310 g/mol. The number of rotatable bonds is 5. The zero-order valence-electron chi connectivity index (χ0n) is 10.1. The zero-order valence-corrected chi connectivity index (χ0v) is 12.5. The molecule has 6 nitrogen and oxygen atoms in total. The number of sulfonamides is 1. The Morgan fingerprint density at radius 3 is 2.68 bits per heavy atom. The van der Waals surface area contributed by atoms with E-state index in [0.29, 0.717) is 11.3 Å². The number of sulfone groups is 1. The molecule has 0 radical (unpaired) electrons. The minimum Gasteiger partial charge on any atom is -0.391 e. The van der Waals surface area contributed by atoms with Crippen molar-refractivity contribution in [2.75, 3.05) is 18.1 Å². The van der Waals surface area contributed by atoms with Crippen LogP contribution in [0.25, 0.3) is 0 Å². The molecule has 1 aromatic rings. The monoisotopic (exact) mass is 325 g/mol. The summed E-state index contributed by atoms with van der Waals surface area (Å²) in [4.78, 5) is 0.573. The summed E-state index contributed by atoms with van der Waals surface area (Å²) in [6.45, 7) is -0.0605. The fourth-order valence-corrected chi connectivity index (χ4v) is 6.16. The van der Waals surface area contributed by atoms with E-state index in [1.807, 2.05) is 0 Å². The van der Waals surface area contributed by atoms with Crippen LogP contribution in [-0.4, -0.2) is 40.0 Å². The summed E-state index contributed by atoms with van der Waals surface area (Å²) < 4.78 is 49.0. The summed E-state index contributed by atoms with van der Waals surface area (Å²) >= 11 is 1.00. The van der Waals surface area contributed by atoms with Gasteiger partial charge in [-0.15, -0.1) is 11.3 Å². The summed E-state index contributed by atoms with van der Waals surface area (Å²) in [5.41, 5.74) is 0. The highest BCUT2D eigenvalue weighted by atomic mass is 32.2. The molecule has 2 rings (SSSR count). The maximum absolute atomic E-state index is 11.9. The fourth-order valence-electron chi connectivity index (χ4n) is 1.92. The molecule has 1 aliphatic heterocycles. The van der Waals surface area contributed by atoms with Crippen LogP contribution in [0.2, 0.25) is 0 Å². The van der Waals surface area contributed by atoms with Crippen LogP contribution in [0.4, 0.5) is 0 Å². The first-order valence-electron chi connectivity index (χ1n) is 5.72. The topological polar surface area (TPSA) is 101 Å². The van der Waals surface area contributed by atoms with Gasteiger partial charge in [0.15, 0.2) is 9.84 Å². The third-order valence-electron chi connectivity index (χ3n) is 2.95. The normalized spacial score (nSPS) is 22.7. The Balaban J connectivity index is 1.98. The molecule has 0 aliphatic carbocycles. The van der Waals surface area contributed by atoms with Crippen molar-refractivity contribution in [1.29, 1.82) is 0 Å². The van der Waals surface area contributed by atoms with Crippen LogP contribution >= 0.6 is 11.3 Å². The van der Waals surface area contributed by atoms with E-state index in [1.165, 1.54) is 6.07 Å². The van der Waals surface area contributed by atoms with Crippen molar-refractivity contribution in [3.8, 4) is 0 Å². The highest BCUT2D eigenvalue weighted by Crippen LogP contribution is 2.22. The van der Waals surface area contributed by atoms with Gasteiger partial charge in [-0.2, -0.15) is 0 Å². The fraction of sp³-hybridized carbons (Fsp3) is 0.600. The van der Waals surface area contributed by atoms with Crippen LogP contribution < -0.4 is 4.72 Å². The molecule has 1 unspecified atom stereocenters. The van der Waals surface area contributed by atoms with Crippen LogP contribution in [0.3, 0.4) is 0 Å². The molecule has 1 atom stereocenters. The van der Waals surface area contributed by atoms with E-state index in [-0.39, 0.29) is 34.8 Å². The van der Waals surface area contributed by atoms with Gasteiger partial charge in [-0.3, -0.25) is 0 Å². The minimum atomic E-state index is -3.61. The Bertz CT molecular complexity index is 646. The second-order valence-corrected chi connectivity index (χ2v) is 9.89. The predicted molar refractivity (Wildman–Crippen MR) is 72.2 cm³/mol. The molecule has 0 saturated carbocycles. The highest BCUT2D eigenvalue weighted by molar-refractivity contribution is 7.92. The van der Waals surface area contributed by atoms with Crippen molar-refractivity contribution in [2.45, 2.75) is 17.2 Å². The predicted octanol–water partition coefficient (Wildman–Crippen LogP) is -0.0466. The second kappa shape index (κ2) is 5.49. The maximum atomic E-state index is 11.9. The molecule has 108 valence electrons. The number of aliphatic hydroxyl groups excluding tert-OH is 1. The van der Waals surface area contributed by atoms with Crippen molar-refractivity contribution in [3.63, 3.8) is 0 Å². The first-order valence-corrected chi connectivity index (χ1v) is 9.84. The molecule has 1 saturated heterocycles. The minimum absolute atomic E-state index is 0.0435. The van der Waals surface area contributed by atoms with Gasteiger partial charge in [-0.1, -0.05) is 0 Å². The lowest BCUT2D eigenvalue weighted by Crippen LogP contribution is -2.29. The Morgan fingerprint density at radius 2 is 2.16 bits per heavy atom. The quantitative estimate of drug-likeness (QED) is 0.791. The Labute approximate surface area is 116 Å². The van der Waals surface area contributed by atoms with Gasteiger partial charge in [0.1, 0.15) is 4.21 Å². The first-order chi connectivity index (χ1) is 8.82. The molecule has 1 aromatic heterocycles. The maximum Gasteiger partial charge on any atom is 0.250 e. The molecule has 19 heavy (non-hydrogen) atoms. The van der Waals surface area contributed by atoms with E-state index < -0.39 is 19.9 Å². The smallest absolute Gasteiger partial charge is 0.250 e. The molecule has 2 heterocycles. The summed E-state index contributed by atoms with van der Waals surface area (Å²) in [7, 11) is -6.60. The Kier molecular flexibility index (Phi) is 4.31. The van der Waals surface area contributed by atoms with Crippen LogP contribution in [0, 0.1) is 5.92 Å². The molecule has 1 aliphatic rings. The van der Waals surface area contributed by atoms with Crippen molar-refractivity contribution < 1.29 is 21.9 Å². The third-order valence-corrected chi connectivity index (χ3v) is 7.77. The summed E-state index contributed by atoms with van der Waals surface area (Å²) in [6, 6.07) is 2.99. The van der Waals surface area contributed by atoms with E-state index >= 15 is 0 Å². The Hall–Kier alpha value is -0.480. The number of thiophene rings is 1. The van der Waals surface area contributed by atoms with E-state index in [0.717, 1.165) is 11.3 Å². The molecule has 0 bridgehead atoms. The molecular formula is C10H15NO5S3. The van der Waals surface area contributed by atoms with Gasteiger partial charge < -0.3 is 5.11 Å². The average molecular weight is 325 g/mol. The van der Waals surface area contributed by atoms with E-state index in [2.05, 4.69) is 4.72 Å². The van der Waals surface area contributed by atoms with Gasteiger partial charge in [-0.25, -0.2) is 21.6 Å². The first kappa shape index (κ1) is 14.9. The van der Waals surface area contributed by atoms with Gasteiger partial charge >= 0.3 is 0 Å². The van der Waals surface area contributed by atoms with Crippen LogP contribution in [0.5, 0.6) is 0 Å². The van der Waals surface area contributed by atoms with Gasteiger partial charge in [0, 0.05) is 11.4 Å². The van der Waals surface area contributed by atoms with Crippen molar-refractivity contribution >= 4 is 31.2 Å². The lowest BCUT2D eigenvalue weighted by Gasteiger charge is -2.08. The van der Waals surface area contributed by atoms with Crippen molar-refractivity contribution in [2.24, 2.45) is 5.92 Å². The largest absolute Gasteiger partial charge is 0.391 e. The SMILES string of the molecule is O=S1(=O)CCC(CNS(=O)(=O)c2ccc(CO)s2)C1. The van der Waals surface area contributed by atoms with E-state index in [9.17, 15) is 16.8 Å². The molecule has 0 aromatic carbocycles. The molecule has 1 fully saturated rings. The van der Waals surface area contributed by atoms with E-state index in [1.54, 1.807) is 6.07 Å². The van der Waals surface area contributed by atoms with Gasteiger partial charge in [0.25, 0.3) is 0 Å². The van der Waals surface area contributed by atoms with Gasteiger partial charge in [0.2, 0.25) is 10.0 Å². The summed E-state index contributed by atoms with van der Waals surface area (Å²) in [6.07, 6.45) is 0.497. The van der Waals surface area contributed by atoms with Crippen molar-refractivity contribution in [1.82, 2.24) is 4.72 Å². The summed E-state index contributed by atoms with van der Waals surface area (Å²) in [5.74, 6) is 0.0200. The molecule has 9 heteroatoms. The van der Waals surface area contributed by atoms with Crippen LogP contribution in [0.15, 0.2) is 16.3 Å². The van der Waals surface area contributed by atoms with Crippen LogP contribution in [0.1, 0.15) is 11.3 Å². The molecule has 0 amide bonds. The third kappa shape index (κ3) is 3.76. The molecule has 2 N–H and O–H groups in total.